The first kappa shape index (κ1) is 18.2. The lowest BCUT2D eigenvalue weighted by Crippen LogP contribution is -2.42. The van der Waals surface area contributed by atoms with Crippen LogP contribution in [0.25, 0.3) is 0 Å². The highest BCUT2D eigenvalue weighted by molar-refractivity contribution is 5.86. The number of carbonyl (C=O) groups excluding carboxylic acids is 1. The highest BCUT2D eigenvalue weighted by Gasteiger charge is 2.45. The Hall–Kier alpha value is -1.63. The van der Waals surface area contributed by atoms with E-state index in [-0.39, 0.29) is 5.41 Å². The van der Waals surface area contributed by atoms with Gasteiger partial charge in [-0.2, -0.15) is 0 Å². The maximum atomic E-state index is 12.1. The Balaban J connectivity index is 1.64. The average molecular weight is 347 g/mol. The van der Waals surface area contributed by atoms with Gasteiger partial charge in [-0.05, 0) is 51.3 Å². The minimum absolute atomic E-state index is 0.251. The van der Waals surface area contributed by atoms with E-state index in [4.69, 9.17) is 15.3 Å². The molecule has 1 aromatic rings. The number of hydrogen-bond acceptors (Lipinski definition) is 5. The van der Waals surface area contributed by atoms with E-state index in [2.05, 4.69) is 17.0 Å². The number of carbonyl (C=O) groups is 1. The molecule has 1 aliphatic carbocycles. The Morgan fingerprint density at radius 2 is 1.84 bits per heavy atom. The summed E-state index contributed by atoms with van der Waals surface area (Å²) in [6.45, 7) is 10.2. The molecule has 0 radical (unpaired) electrons. The fraction of sp³-hybridized carbons (Fsp3) is 0.632. The molecule has 1 heterocycles. The SMILES string of the molecule is CC(C)(C)OC(=O)N(N)c1ccc(C2(CN3CCOCC3)CC2)cc1. The van der Waals surface area contributed by atoms with Gasteiger partial charge in [0, 0.05) is 25.0 Å². The Morgan fingerprint density at radius 3 is 2.36 bits per heavy atom. The second-order valence-electron chi connectivity index (χ2n) is 8.07. The number of amides is 1. The molecule has 1 saturated heterocycles. The lowest BCUT2D eigenvalue weighted by molar-refractivity contribution is 0.0336. The van der Waals surface area contributed by atoms with Gasteiger partial charge in [0.05, 0.1) is 18.9 Å². The van der Waals surface area contributed by atoms with Crippen molar-refractivity contribution in [2.45, 2.75) is 44.6 Å². The van der Waals surface area contributed by atoms with Crippen molar-refractivity contribution in [2.24, 2.45) is 5.84 Å². The summed E-state index contributed by atoms with van der Waals surface area (Å²) in [5.41, 5.74) is 1.65. The van der Waals surface area contributed by atoms with Crippen molar-refractivity contribution in [3.05, 3.63) is 29.8 Å². The predicted octanol–water partition coefficient (Wildman–Crippen LogP) is 2.67. The van der Waals surface area contributed by atoms with Crippen molar-refractivity contribution in [3.63, 3.8) is 0 Å². The quantitative estimate of drug-likeness (QED) is 0.515. The van der Waals surface area contributed by atoms with Crippen molar-refractivity contribution in [1.82, 2.24) is 4.90 Å². The molecule has 25 heavy (non-hydrogen) atoms. The molecule has 6 nitrogen and oxygen atoms in total. The minimum atomic E-state index is -0.565. The van der Waals surface area contributed by atoms with E-state index < -0.39 is 11.7 Å². The van der Waals surface area contributed by atoms with Crippen molar-refractivity contribution >= 4 is 11.8 Å². The molecule has 1 saturated carbocycles. The van der Waals surface area contributed by atoms with Crippen LogP contribution in [0.2, 0.25) is 0 Å². The molecule has 2 fully saturated rings. The van der Waals surface area contributed by atoms with E-state index >= 15 is 0 Å². The van der Waals surface area contributed by atoms with Gasteiger partial charge in [-0.25, -0.2) is 15.6 Å². The van der Waals surface area contributed by atoms with Crippen molar-refractivity contribution in [2.75, 3.05) is 37.9 Å². The predicted molar refractivity (Wildman–Crippen MR) is 97.5 cm³/mol. The van der Waals surface area contributed by atoms with Crippen LogP contribution >= 0.6 is 0 Å². The van der Waals surface area contributed by atoms with E-state index in [0.717, 1.165) is 37.9 Å². The van der Waals surface area contributed by atoms with Gasteiger partial charge >= 0.3 is 6.09 Å². The van der Waals surface area contributed by atoms with Crippen molar-refractivity contribution < 1.29 is 14.3 Å². The normalized spacial score (nSPS) is 20.2. The van der Waals surface area contributed by atoms with Gasteiger partial charge in [-0.15, -0.1) is 0 Å². The minimum Gasteiger partial charge on any atom is -0.442 e. The van der Waals surface area contributed by atoms with Crippen LogP contribution in [-0.4, -0.2) is 49.4 Å². The third kappa shape index (κ3) is 4.51. The van der Waals surface area contributed by atoms with Crippen LogP contribution in [0, 0.1) is 0 Å². The zero-order valence-electron chi connectivity index (χ0n) is 15.5. The van der Waals surface area contributed by atoms with Crippen LogP contribution < -0.4 is 10.9 Å². The lowest BCUT2D eigenvalue weighted by Gasteiger charge is -2.31. The monoisotopic (exact) mass is 347 g/mol. The first-order chi connectivity index (χ1) is 11.8. The first-order valence-corrected chi connectivity index (χ1v) is 8.98. The van der Waals surface area contributed by atoms with Gasteiger partial charge in [-0.3, -0.25) is 4.90 Å². The zero-order chi connectivity index (χ0) is 18.1. The second-order valence-corrected chi connectivity index (χ2v) is 8.07. The molecule has 2 aliphatic rings. The molecule has 0 spiro atoms. The molecule has 0 aromatic heterocycles. The molecule has 1 amide bonds. The standard InChI is InChI=1S/C19H29N3O3/c1-18(2,3)25-17(23)22(20)16-6-4-15(5-7-16)19(8-9-19)14-21-10-12-24-13-11-21/h4-7H,8-14,20H2,1-3H3. The van der Waals surface area contributed by atoms with Gasteiger partial charge in [-0.1, -0.05) is 12.1 Å². The third-order valence-corrected chi connectivity index (χ3v) is 4.83. The van der Waals surface area contributed by atoms with Gasteiger partial charge in [0.1, 0.15) is 5.60 Å². The van der Waals surface area contributed by atoms with Gasteiger partial charge in [0.25, 0.3) is 0 Å². The van der Waals surface area contributed by atoms with E-state index in [1.54, 1.807) is 0 Å². The molecular formula is C19H29N3O3. The number of morpholine rings is 1. The highest BCUT2D eigenvalue weighted by Crippen LogP contribution is 2.49. The maximum absolute atomic E-state index is 12.1. The van der Waals surface area contributed by atoms with E-state index in [9.17, 15) is 4.79 Å². The Labute approximate surface area is 149 Å². The third-order valence-electron chi connectivity index (χ3n) is 4.83. The summed E-state index contributed by atoms with van der Waals surface area (Å²) in [5, 5.41) is 1.07. The molecular weight excluding hydrogens is 318 g/mol. The Kier molecular flexibility index (Phi) is 5.04. The Bertz CT molecular complexity index is 599. The molecule has 3 rings (SSSR count). The van der Waals surface area contributed by atoms with Crippen molar-refractivity contribution in [1.29, 1.82) is 0 Å². The van der Waals surface area contributed by atoms with Crippen LogP contribution in [-0.2, 0) is 14.9 Å². The molecule has 138 valence electrons. The number of anilines is 1. The molecule has 0 bridgehead atoms. The number of rotatable bonds is 4. The van der Waals surface area contributed by atoms with Crippen LogP contribution in [0.15, 0.2) is 24.3 Å². The smallest absolute Gasteiger partial charge is 0.429 e. The van der Waals surface area contributed by atoms with Crippen LogP contribution in [0.4, 0.5) is 10.5 Å². The number of hydrogen-bond donors (Lipinski definition) is 1. The fourth-order valence-corrected chi connectivity index (χ4v) is 3.27. The summed E-state index contributed by atoms with van der Waals surface area (Å²) >= 11 is 0. The fourth-order valence-electron chi connectivity index (χ4n) is 3.27. The summed E-state index contributed by atoms with van der Waals surface area (Å²) in [6.07, 6.45) is 1.87. The highest BCUT2D eigenvalue weighted by atomic mass is 16.6. The number of ether oxygens (including phenoxy) is 2. The van der Waals surface area contributed by atoms with Gasteiger partial charge in [0.15, 0.2) is 0 Å². The van der Waals surface area contributed by atoms with Crippen LogP contribution in [0.5, 0.6) is 0 Å². The molecule has 2 N–H and O–H groups in total. The summed E-state index contributed by atoms with van der Waals surface area (Å²) < 4.78 is 10.7. The second kappa shape index (κ2) is 6.94. The van der Waals surface area contributed by atoms with Crippen LogP contribution in [0.1, 0.15) is 39.2 Å². The summed E-state index contributed by atoms with van der Waals surface area (Å²) in [4.78, 5) is 14.6. The molecule has 6 heteroatoms. The number of nitrogens with two attached hydrogens (primary N) is 1. The summed E-state index contributed by atoms with van der Waals surface area (Å²) in [6, 6.07) is 7.98. The van der Waals surface area contributed by atoms with E-state index in [1.807, 2.05) is 32.9 Å². The molecule has 1 aromatic carbocycles. The first-order valence-electron chi connectivity index (χ1n) is 8.98. The van der Waals surface area contributed by atoms with E-state index in [1.165, 1.54) is 18.4 Å². The zero-order valence-corrected chi connectivity index (χ0v) is 15.5. The Morgan fingerprint density at radius 1 is 1.24 bits per heavy atom. The topological polar surface area (TPSA) is 68.0 Å². The number of nitrogens with zero attached hydrogens (tertiary/aromatic N) is 2. The largest absolute Gasteiger partial charge is 0.442 e. The number of benzene rings is 1. The van der Waals surface area contributed by atoms with Gasteiger partial charge < -0.3 is 9.47 Å². The molecule has 0 atom stereocenters. The van der Waals surface area contributed by atoms with Crippen molar-refractivity contribution in [3.8, 4) is 0 Å². The maximum Gasteiger partial charge on any atom is 0.429 e. The molecule has 0 unspecified atom stereocenters. The lowest BCUT2D eigenvalue weighted by atomic mass is 9.95. The van der Waals surface area contributed by atoms with Gasteiger partial charge in [0.2, 0.25) is 0 Å². The van der Waals surface area contributed by atoms with Crippen LogP contribution in [0.3, 0.4) is 0 Å². The summed E-state index contributed by atoms with van der Waals surface area (Å²) in [5.74, 6) is 5.91. The summed E-state index contributed by atoms with van der Waals surface area (Å²) in [7, 11) is 0. The average Bonchev–Trinajstić information content (AvgIpc) is 3.34. The molecule has 1 aliphatic heterocycles. The van der Waals surface area contributed by atoms with E-state index in [0.29, 0.717) is 5.69 Å². The number of hydrazine groups is 1.